The number of fused-ring (bicyclic) bond motifs is 3. The van der Waals surface area contributed by atoms with Crippen LogP contribution < -0.4 is 0 Å². The van der Waals surface area contributed by atoms with Crippen molar-refractivity contribution < 1.29 is 0 Å². The molecule has 7 aromatic rings. The third-order valence-electron chi connectivity index (χ3n) is 7.26. The van der Waals surface area contributed by atoms with Crippen LogP contribution in [0.1, 0.15) is 0 Å². The molecule has 2 heteroatoms. The minimum Gasteiger partial charge on any atom is -0.309 e. The van der Waals surface area contributed by atoms with E-state index in [1.165, 1.54) is 60.9 Å². The molecule has 0 saturated heterocycles. The second kappa shape index (κ2) is 9.48. The fourth-order valence-corrected chi connectivity index (χ4v) is 5.89. The molecular weight excluding hydrogens is 526 g/mol. The molecular formula is C36H24BrN. The minimum atomic E-state index is 1.08. The van der Waals surface area contributed by atoms with E-state index < -0.39 is 0 Å². The van der Waals surface area contributed by atoms with Crippen LogP contribution in [-0.2, 0) is 0 Å². The van der Waals surface area contributed by atoms with Gasteiger partial charge in [-0.2, -0.15) is 0 Å². The maximum Gasteiger partial charge on any atom is 0.0547 e. The van der Waals surface area contributed by atoms with Crippen LogP contribution in [0.2, 0.25) is 0 Å². The van der Waals surface area contributed by atoms with E-state index in [1.807, 2.05) is 0 Å². The van der Waals surface area contributed by atoms with Crippen LogP contribution in [0.25, 0.3) is 60.9 Å². The van der Waals surface area contributed by atoms with Gasteiger partial charge in [-0.15, -0.1) is 0 Å². The molecule has 0 atom stereocenters. The van der Waals surface area contributed by atoms with Crippen molar-refractivity contribution in [3.63, 3.8) is 0 Å². The van der Waals surface area contributed by atoms with Crippen molar-refractivity contribution in [3.05, 3.63) is 150 Å². The predicted octanol–water partition coefficient (Wildman–Crippen LogP) is 10.5. The van der Waals surface area contributed by atoms with E-state index in [0.29, 0.717) is 0 Å². The van der Waals surface area contributed by atoms with Crippen molar-refractivity contribution in [2.24, 2.45) is 0 Å². The van der Waals surface area contributed by atoms with Gasteiger partial charge < -0.3 is 4.57 Å². The number of nitrogens with zero attached hydrogens (tertiary/aromatic N) is 1. The van der Waals surface area contributed by atoms with Crippen molar-refractivity contribution in [2.75, 3.05) is 0 Å². The van der Waals surface area contributed by atoms with E-state index in [0.717, 1.165) is 4.47 Å². The first-order chi connectivity index (χ1) is 18.8. The lowest BCUT2D eigenvalue weighted by Crippen LogP contribution is -1.94. The van der Waals surface area contributed by atoms with E-state index >= 15 is 0 Å². The van der Waals surface area contributed by atoms with Gasteiger partial charge in [0.1, 0.15) is 0 Å². The summed E-state index contributed by atoms with van der Waals surface area (Å²) in [4.78, 5) is 0. The largest absolute Gasteiger partial charge is 0.309 e. The highest BCUT2D eigenvalue weighted by molar-refractivity contribution is 9.10. The molecule has 0 saturated carbocycles. The monoisotopic (exact) mass is 549 g/mol. The Morgan fingerprint density at radius 1 is 0.395 bits per heavy atom. The van der Waals surface area contributed by atoms with Crippen LogP contribution in [-0.4, -0.2) is 4.57 Å². The Morgan fingerprint density at radius 2 is 1.05 bits per heavy atom. The predicted molar refractivity (Wildman–Crippen MR) is 165 cm³/mol. The van der Waals surface area contributed by atoms with Gasteiger partial charge in [-0.1, -0.05) is 119 Å². The Labute approximate surface area is 230 Å². The first kappa shape index (κ1) is 22.8. The normalized spacial score (nSPS) is 11.3. The summed E-state index contributed by atoms with van der Waals surface area (Å²) >= 11 is 3.68. The standard InChI is InChI=1S/C36H24BrN/c37-29-13-9-12-27(22-29)31-20-18-26(25-10-3-1-4-11-25)23-34(31)28-19-21-33-32-16-7-8-17-35(32)38(36(33)24-28)30-14-5-2-6-15-30/h1-24H. The van der Waals surface area contributed by atoms with Crippen LogP contribution in [0.5, 0.6) is 0 Å². The van der Waals surface area contributed by atoms with Crippen LogP contribution in [0.3, 0.4) is 0 Å². The summed E-state index contributed by atoms with van der Waals surface area (Å²) in [5.41, 5.74) is 10.8. The van der Waals surface area contributed by atoms with Crippen LogP contribution in [0.15, 0.2) is 150 Å². The van der Waals surface area contributed by atoms with Crippen molar-refractivity contribution in [3.8, 4) is 39.1 Å². The molecule has 6 aromatic carbocycles. The Kier molecular flexibility index (Phi) is 5.68. The molecule has 0 aliphatic heterocycles. The topological polar surface area (TPSA) is 4.93 Å². The lowest BCUT2D eigenvalue weighted by atomic mass is 9.90. The highest BCUT2D eigenvalue weighted by Crippen LogP contribution is 2.40. The highest BCUT2D eigenvalue weighted by Gasteiger charge is 2.15. The molecule has 0 aliphatic rings. The molecule has 180 valence electrons. The quantitative estimate of drug-likeness (QED) is 0.205. The maximum absolute atomic E-state index is 3.68. The molecule has 0 aliphatic carbocycles. The summed E-state index contributed by atoms with van der Waals surface area (Å²) in [6, 6.07) is 52.2. The SMILES string of the molecule is Brc1cccc(-c2ccc(-c3ccccc3)cc2-c2ccc3c4ccccc4n(-c4ccccc4)c3c2)c1. The number of rotatable bonds is 4. The third-order valence-corrected chi connectivity index (χ3v) is 7.75. The van der Waals surface area contributed by atoms with Crippen molar-refractivity contribution >= 4 is 37.7 Å². The zero-order valence-corrected chi connectivity index (χ0v) is 22.3. The van der Waals surface area contributed by atoms with E-state index in [-0.39, 0.29) is 0 Å². The minimum absolute atomic E-state index is 1.08. The zero-order valence-electron chi connectivity index (χ0n) is 20.7. The van der Waals surface area contributed by atoms with Gasteiger partial charge >= 0.3 is 0 Å². The molecule has 0 N–H and O–H groups in total. The second-order valence-corrected chi connectivity index (χ2v) is 10.5. The average Bonchev–Trinajstić information content (AvgIpc) is 3.31. The van der Waals surface area contributed by atoms with Crippen LogP contribution in [0, 0.1) is 0 Å². The molecule has 0 radical (unpaired) electrons. The van der Waals surface area contributed by atoms with Gasteiger partial charge in [0, 0.05) is 20.9 Å². The van der Waals surface area contributed by atoms with Gasteiger partial charge in [0.25, 0.3) is 0 Å². The Bertz CT molecular complexity index is 1920. The van der Waals surface area contributed by atoms with Gasteiger partial charge in [-0.05, 0) is 75.8 Å². The van der Waals surface area contributed by atoms with E-state index in [4.69, 9.17) is 0 Å². The van der Waals surface area contributed by atoms with Crippen molar-refractivity contribution in [1.29, 1.82) is 0 Å². The van der Waals surface area contributed by atoms with Crippen LogP contribution in [0.4, 0.5) is 0 Å². The summed E-state index contributed by atoms with van der Waals surface area (Å²) in [6.07, 6.45) is 0. The van der Waals surface area contributed by atoms with E-state index in [1.54, 1.807) is 0 Å². The summed E-state index contributed by atoms with van der Waals surface area (Å²) < 4.78 is 3.46. The zero-order chi connectivity index (χ0) is 25.5. The molecule has 0 fully saturated rings. The molecule has 1 aromatic heterocycles. The average molecular weight is 550 g/mol. The van der Waals surface area contributed by atoms with Crippen molar-refractivity contribution in [2.45, 2.75) is 0 Å². The smallest absolute Gasteiger partial charge is 0.0547 e. The molecule has 1 nitrogen and oxygen atoms in total. The molecule has 0 unspecified atom stereocenters. The lowest BCUT2D eigenvalue weighted by molar-refractivity contribution is 1.18. The number of hydrogen-bond acceptors (Lipinski definition) is 0. The number of para-hydroxylation sites is 2. The molecule has 7 rings (SSSR count). The van der Waals surface area contributed by atoms with Gasteiger partial charge in [-0.25, -0.2) is 0 Å². The molecule has 1 heterocycles. The van der Waals surface area contributed by atoms with Crippen molar-refractivity contribution in [1.82, 2.24) is 4.57 Å². The lowest BCUT2D eigenvalue weighted by Gasteiger charge is -2.15. The molecule has 0 bridgehead atoms. The number of halogens is 1. The molecule has 0 spiro atoms. The molecule has 38 heavy (non-hydrogen) atoms. The van der Waals surface area contributed by atoms with Gasteiger partial charge in [-0.3, -0.25) is 0 Å². The first-order valence-electron chi connectivity index (χ1n) is 12.8. The maximum atomic E-state index is 3.68. The highest BCUT2D eigenvalue weighted by atomic mass is 79.9. The Hall–Kier alpha value is -4.40. The summed E-state index contributed by atoms with van der Waals surface area (Å²) in [6.45, 7) is 0. The van der Waals surface area contributed by atoms with Crippen LogP contribution >= 0.6 is 15.9 Å². The number of hydrogen-bond donors (Lipinski definition) is 0. The molecule has 0 amide bonds. The van der Waals surface area contributed by atoms with Gasteiger partial charge in [0.05, 0.1) is 11.0 Å². The van der Waals surface area contributed by atoms with Gasteiger partial charge in [0.2, 0.25) is 0 Å². The summed E-state index contributed by atoms with van der Waals surface area (Å²) in [7, 11) is 0. The fourth-order valence-electron chi connectivity index (χ4n) is 5.49. The number of aromatic nitrogens is 1. The third kappa shape index (κ3) is 3.95. The van der Waals surface area contributed by atoms with E-state index in [9.17, 15) is 0 Å². The summed E-state index contributed by atoms with van der Waals surface area (Å²) in [5, 5.41) is 2.53. The Balaban J connectivity index is 1.52. The number of benzene rings is 6. The van der Waals surface area contributed by atoms with E-state index in [2.05, 4.69) is 166 Å². The second-order valence-electron chi connectivity index (χ2n) is 9.56. The fraction of sp³-hybridized carbons (Fsp3) is 0. The Morgan fingerprint density at radius 3 is 1.87 bits per heavy atom. The summed E-state index contributed by atoms with van der Waals surface area (Å²) in [5.74, 6) is 0. The first-order valence-corrected chi connectivity index (χ1v) is 13.6. The van der Waals surface area contributed by atoms with Gasteiger partial charge in [0.15, 0.2) is 0 Å².